The number of aromatic amines is 1. The van der Waals surface area contributed by atoms with Crippen LogP contribution in [0.1, 0.15) is 69.2 Å². The molecule has 3 heteroatoms. The van der Waals surface area contributed by atoms with Crippen LogP contribution in [0.2, 0.25) is 0 Å². The summed E-state index contributed by atoms with van der Waals surface area (Å²) in [4.78, 5) is 14.9. The number of H-pyrrole nitrogens is 1. The van der Waals surface area contributed by atoms with Gasteiger partial charge < -0.3 is 10.7 Å². The third kappa shape index (κ3) is 2.97. The average Bonchev–Trinajstić information content (AvgIpc) is 2.30. The van der Waals surface area contributed by atoms with Gasteiger partial charge in [-0.1, -0.05) is 27.7 Å². The molecule has 0 unspecified atom stereocenters. The van der Waals surface area contributed by atoms with Gasteiger partial charge in [0.1, 0.15) is 0 Å². The zero-order valence-electron chi connectivity index (χ0n) is 11.3. The van der Waals surface area contributed by atoms with Gasteiger partial charge in [0.05, 0.1) is 0 Å². The monoisotopic (exact) mass is 236 g/mol. The number of nitrogens with one attached hydrogen (secondary N) is 1. The Bertz CT molecular complexity index is 417. The molecule has 1 aromatic heterocycles. The lowest BCUT2D eigenvalue weighted by atomic mass is 9.89. The van der Waals surface area contributed by atoms with Gasteiger partial charge >= 0.3 is 0 Å². The summed E-state index contributed by atoms with van der Waals surface area (Å²) in [5.41, 5.74) is 8.60. The Balaban J connectivity index is 3.38. The molecule has 0 amide bonds. The van der Waals surface area contributed by atoms with Gasteiger partial charge in [-0.05, 0) is 36.3 Å². The Kier molecular flexibility index (Phi) is 4.94. The highest BCUT2D eigenvalue weighted by Gasteiger charge is 2.16. The molecule has 0 atom stereocenters. The number of aromatic nitrogens is 1. The van der Waals surface area contributed by atoms with Crippen molar-refractivity contribution in [3.05, 3.63) is 33.2 Å². The summed E-state index contributed by atoms with van der Waals surface area (Å²) < 4.78 is 0. The summed E-state index contributed by atoms with van der Waals surface area (Å²) in [6.07, 6.45) is 2.09. The van der Waals surface area contributed by atoms with Crippen molar-refractivity contribution in [2.24, 2.45) is 5.73 Å². The second kappa shape index (κ2) is 6.01. The van der Waals surface area contributed by atoms with E-state index in [9.17, 15) is 4.79 Å². The predicted molar refractivity (Wildman–Crippen MR) is 72.4 cm³/mol. The maximum Gasteiger partial charge on any atom is 0.252 e. The molecule has 1 rings (SSSR count). The van der Waals surface area contributed by atoms with Gasteiger partial charge in [-0.15, -0.1) is 0 Å². The third-order valence-electron chi connectivity index (χ3n) is 3.44. The molecule has 0 bridgehead atoms. The highest BCUT2D eigenvalue weighted by atomic mass is 16.1. The molecular formula is C14H24N2O. The second-order valence-corrected chi connectivity index (χ2v) is 4.86. The quantitative estimate of drug-likeness (QED) is 0.826. The van der Waals surface area contributed by atoms with Crippen molar-refractivity contribution >= 4 is 0 Å². The molecule has 0 aliphatic carbocycles. The molecule has 1 heterocycles. The van der Waals surface area contributed by atoms with E-state index in [1.165, 1.54) is 0 Å². The number of rotatable bonds is 5. The van der Waals surface area contributed by atoms with Crippen LogP contribution in [0.4, 0.5) is 0 Å². The number of pyridine rings is 1. The van der Waals surface area contributed by atoms with Crippen LogP contribution < -0.4 is 11.3 Å². The van der Waals surface area contributed by atoms with Gasteiger partial charge in [-0.2, -0.15) is 0 Å². The van der Waals surface area contributed by atoms with Crippen LogP contribution >= 0.6 is 0 Å². The van der Waals surface area contributed by atoms with Gasteiger partial charge in [0.2, 0.25) is 0 Å². The van der Waals surface area contributed by atoms with Crippen LogP contribution in [-0.4, -0.2) is 4.98 Å². The van der Waals surface area contributed by atoms with Crippen molar-refractivity contribution in [2.75, 3.05) is 0 Å². The summed E-state index contributed by atoms with van der Waals surface area (Å²) in [5.74, 6) is 0.774. The zero-order valence-corrected chi connectivity index (χ0v) is 11.3. The molecule has 1 aromatic rings. The summed E-state index contributed by atoms with van der Waals surface area (Å²) in [5, 5.41) is 0. The lowest BCUT2D eigenvalue weighted by Crippen LogP contribution is -2.22. The fourth-order valence-electron chi connectivity index (χ4n) is 2.24. The van der Waals surface area contributed by atoms with Crippen LogP contribution in [0, 0.1) is 0 Å². The van der Waals surface area contributed by atoms with Crippen molar-refractivity contribution in [3.63, 3.8) is 0 Å². The lowest BCUT2D eigenvalue weighted by Gasteiger charge is -2.18. The molecule has 0 saturated heterocycles. The molecular weight excluding hydrogens is 212 g/mol. The maximum atomic E-state index is 12.0. The van der Waals surface area contributed by atoms with E-state index >= 15 is 0 Å². The Hall–Kier alpha value is -1.09. The van der Waals surface area contributed by atoms with Gasteiger partial charge in [-0.3, -0.25) is 4.79 Å². The average molecular weight is 236 g/mol. The van der Waals surface area contributed by atoms with E-state index in [1.807, 2.05) is 0 Å². The minimum Gasteiger partial charge on any atom is -0.326 e. The number of hydrogen-bond donors (Lipinski definition) is 2. The first-order valence-corrected chi connectivity index (χ1v) is 6.51. The van der Waals surface area contributed by atoms with Crippen molar-refractivity contribution in [1.82, 2.24) is 4.98 Å². The number of hydrogen-bond acceptors (Lipinski definition) is 2. The fourth-order valence-corrected chi connectivity index (χ4v) is 2.24. The maximum absolute atomic E-state index is 12.0. The Labute approximate surface area is 103 Å². The van der Waals surface area contributed by atoms with Gasteiger partial charge in [-0.25, -0.2) is 0 Å². The molecule has 96 valence electrons. The lowest BCUT2D eigenvalue weighted by molar-refractivity contribution is 0.627. The summed E-state index contributed by atoms with van der Waals surface area (Å²) in [7, 11) is 0. The smallest absolute Gasteiger partial charge is 0.252 e. The third-order valence-corrected chi connectivity index (χ3v) is 3.44. The predicted octanol–water partition coefficient (Wildman–Crippen LogP) is 2.86. The molecule has 0 fully saturated rings. The molecule has 3 N–H and O–H groups in total. The first-order valence-electron chi connectivity index (χ1n) is 6.51. The summed E-state index contributed by atoms with van der Waals surface area (Å²) >= 11 is 0. The second-order valence-electron chi connectivity index (χ2n) is 4.86. The van der Waals surface area contributed by atoms with Crippen LogP contribution in [0.15, 0.2) is 10.9 Å². The minimum absolute atomic E-state index is 0.0133. The van der Waals surface area contributed by atoms with Crippen molar-refractivity contribution < 1.29 is 0 Å². The highest BCUT2D eigenvalue weighted by molar-refractivity contribution is 5.31. The Morgan fingerprint density at radius 3 is 2.29 bits per heavy atom. The molecule has 0 saturated carbocycles. The largest absolute Gasteiger partial charge is 0.326 e. The van der Waals surface area contributed by atoms with Crippen LogP contribution in [0.25, 0.3) is 0 Å². The van der Waals surface area contributed by atoms with Crippen molar-refractivity contribution in [3.8, 4) is 0 Å². The minimum atomic E-state index is -0.0133. The Morgan fingerprint density at radius 1 is 1.29 bits per heavy atom. The van der Waals surface area contributed by atoms with Crippen LogP contribution in [-0.2, 0) is 6.54 Å². The molecule has 0 aliphatic heterocycles. The van der Waals surface area contributed by atoms with E-state index in [1.54, 1.807) is 0 Å². The van der Waals surface area contributed by atoms with Gasteiger partial charge in [0.15, 0.2) is 0 Å². The molecule has 0 aliphatic rings. The summed E-state index contributed by atoms with van der Waals surface area (Å²) in [6.45, 7) is 8.81. The first-order chi connectivity index (χ1) is 8.04. The van der Waals surface area contributed by atoms with Gasteiger partial charge in [0.25, 0.3) is 5.56 Å². The van der Waals surface area contributed by atoms with E-state index in [0.29, 0.717) is 18.4 Å². The van der Waals surface area contributed by atoms with E-state index in [0.717, 1.165) is 29.7 Å². The molecule has 3 nitrogen and oxygen atoms in total. The topological polar surface area (TPSA) is 58.9 Å². The zero-order chi connectivity index (χ0) is 13.0. The van der Waals surface area contributed by atoms with Crippen molar-refractivity contribution in [1.29, 1.82) is 0 Å². The standard InChI is InChI=1S/C14H24N2O/c1-5-10(6-2)11-7-13(9(3)4)16-14(17)12(11)8-15/h7,9-10H,5-6,8,15H2,1-4H3,(H,16,17). The van der Waals surface area contributed by atoms with Gasteiger partial charge in [0, 0.05) is 17.8 Å². The van der Waals surface area contributed by atoms with E-state index in [-0.39, 0.29) is 5.56 Å². The first kappa shape index (κ1) is 14.0. The number of nitrogens with two attached hydrogens (primary N) is 1. The molecule has 0 aromatic carbocycles. The SMILES string of the molecule is CCC(CC)c1cc(C(C)C)[nH]c(=O)c1CN. The molecule has 0 radical (unpaired) electrons. The molecule has 17 heavy (non-hydrogen) atoms. The van der Waals surface area contributed by atoms with E-state index < -0.39 is 0 Å². The summed E-state index contributed by atoms with van der Waals surface area (Å²) in [6, 6.07) is 2.13. The van der Waals surface area contributed by atoms with E-state index in [4.69, 9.17) is 5.73 Å². The van der Waals surface area contributed by atoms with E-state index in [2.05, 4.69) is 38.7 Å². The fraction of sp³-hybridized carbons (Fsp3) is 0.643. The van der Waals surface area contributed by atoms with Crippen LogP contribution in [0.5, 0.6) is 0 Å². The normalized spacial score (nSPS) is 11.5. The highest BCUT2D eigenvalue weighted by Crippen LogP contribution is 2.26. The van der Waals surface area contributed by atoms with Crippen molar-refractivity contribution in [2.45, 2.75) is 58.9 Å². The molecule has 0 spiro atoms. The Morgan fingerprint density at radius 2 is 1.88 bits per heavy atom. The van der Waals surface area contributed by atoms with Crippen LogP contribution in [0.3, 0.4) is 0 Å².